The van der Waals surface area contributed by atoms with Gasteiger partial charge in [-0.1, -0.05) is 23.2 Å². The van der Waals surface area contributed by atoms with Crippen molar-refractivity contribution in [3.63, 3.8) is 0 Å². The van der Waals surface area contributed by atoms with Crippen LogP contribution in [0.25, 0.3) is 11.1 Å². The molecule has 5 rings (SSSR count). The van der Waals surface area contributed by atoms with E-state index in [4.69, 9.17) is 20.5 Å². The highest BCUT2D eigenvalue weighted by Gasteiger charge is 2.26. The van der Waals surface area contributed by atoms with Crippen LogP contribution in [0.2, 0.25) is 5.02 Å². The second-order valence-corrected chi connectivity index (χ2v) is 9.61. The minimum atomic E-state index is -4.15. The molecule has 4 aromatic rings. The van der Waals surface area contributed by atoms with Crippen LogP contribution in [0.5, 0.6) is 0 Å². The first-order chi connectivity index (χ1) is 15.3. The van der Waals surface area contributed by atoms with E-state index < -0.39 is 21.6 Å². The molecule has 0 bridgehead atoms. The Morgan fingerprint density at radius 1 is 1.22 bits per heavy atom. The third-order valence-electron chi connectivity index (χ3n) is 5.36. The Balaban J connectivity index is 1.43. The highest BCUT2D eigenvalue weighted by Crippen LogP contribution is 2.35. The van der Waals surface area contributed by atoms with Crippen LogP contribution in [-0.4, -0.2) is 23.1 Å². The van der Waals surface area contributed by atoms with E-state index in [2.05, 4.69) is 14.9 Å². The minimum absolute atomic E-state index is 0.0163. The number of halogens is 2. The molecule has 32 heavy (non-hydrogen) atoms. The largest absolute Gasteiger partial charge is 0.420 e. The predicted octanol–water partition coefficient (Wildman–Crippen LogP) is 3.89. The molecule has 2 aromatic carbocycles. The van der Waals surface area contributed by atoms with Gasteiger partial charge in [0.15, 0.2) is 11.4 Å². The molecule has 1 aliphatic rings. The van der Waals surface area contributed by atoms with Crippen molar-refractivity contribution in [1.29, 1.82) is 0 Å². The van der Waals surface area contributed by atoms with E-state index in [1.54, 1.807) is 0 Å². The summed E-state index contributed by atoms with van der Waals surface area (Å²) in [7, 11) is -4.15. The van der Waals surface area contributed by atoms with E-state index in [0.29, 0.717) is 17.2 Å². The zero-order valence-corrected chi connectivity index (χ0v) is 18.0. The average molecular weight is 479 g/mol. The Morgan fingerprint density at radius 2 is 2.03 bits per heavy atom. The maximum absolute atomic E-state index is 14.0. The summed E-state index contributed by atoms with van der Waals surface area (Å²) in [4.78, 5) is 16.5. The molecule has 12 heteroatoms. The van der Waals surface area contributed by atoms with E-state index in [0.717, 1.165) is 25.3 Å². The summed E-state index contributed by atoms with van der Waals surface area (Å²) in [6.45, 7) is 0.0163. The van der Waals surface area contributed by atoms with Crippen molar-refractivity contribution in [2.75, 3.05) is 4.72 Å². The van der Waals surface area contributed by atoms with Crippen LogP contribution in [0.3, 0.4) is 0 Å². The number of nitrogens with one attached hydrogen (secondary N) is 1. The van der Waals surface area contributed by atoms with Crippen LogP contribution in [0.15, 0.2) is 55.0 Å². The van der Waals surface area contributed by atoms with Gasteiger partial charge in [-0.2, -0.15) is 4.98 Å². The van der Waals surface area contributed by atoms with Crippen molar-refractivity contribution in [2.24, 2.45) is 0 Å². The predicted molar refractivity (Wildman–Crippen MR) is 113 cm³/mol. The quantitative estimate of drug-likeness (QED) is 0.446. The van der Waals surface area contributed by atoms with Crippen LogP contribution in [0.4, 0.5) is 10.1 Å². The number of rotatable bonds is 6. The van der Waals surface area contributed by atoms with E-state index in [1.807, 2.05) is 0 Å². The Morgan fingerprint density at radius 3 is 2.75 bits per heavy atom. The van der Waals surface area contributed by atoms with Crippen molar-refractivity contribution < 1.29 is 21.7 Å². The molecule has 0 unspecified atom stereocenters. The van der Waals surface area contributed by atoms with Gasteiger partial charge >= 0.3 is 5.76 Å². The third kappa shape index (κ3) is 3.78. The number of hydrogen-bond donors (Lipinski definition) is 1. The Labute approximate surface area is 185 Å². The lowest BCUT2D eigenvalue weighted by atomic mass is 9.85. The van der Waals surface area contributed by atoms with Gasteiger partial charge in [0.1, 0.15) is 5.82 Å². The second-order valence-electron chi connectivity index (χ2n) is 7.49. The third-order valence-corrected chi connectivity index (χ3v) is 6.96. The summed E-state index contributed by atoms with van der Waals surface area (Å²) >= 11 is 5.70. The maximum Gasteiger partial charge on any atom is 0.420 e. The molecule has 9 nitrogen and oxygen atoms in total. The summed E-state index contributed by atoms with van der Waals surface area (Å²) in [5, 5.41) is 4.06. The lowest BCUT2D eigenvalue weighted by molar-refractivity contribution is 0.291. The number of nitrogens with zero attached hydrogens (tertiary/aromatic N) is 3. The topological polar surface area (TPSA) is 120 Å². The highest BCUT2D eigenvalue weighted by molar-refractivity contribution is 7.92. The molecule has 166 valence electrons. The van der Waals surface area contributed by atoms with Gasteiger partial charge in [-0.3, -0.25) is 9.29 Å². The van der Waals surface area contributed by atoms with Gasteiger partial charge in [-0.15, -0.1) is 0 Å². The first kappa shape index (κ1) is 20.7. The van der Waals surface area contributed by atoms with Crippen LogP contribution >= 0.6 is 11.6 Å². The fourth-order valence-electron chi connectivity index (χ4n) is 3.43. The van der Waals surface area contributed by atoms with Crippen molar-refractivity contribution >= 4 is 38.4 Å². The molecular formula is C20H16ClFN4O5S. The molecule has 0 spiro atoms. The number of oxazole rings is 1. The van der Waals surface area contributed by atoms with Crippen molar-refractivity contribution in [3.05, 3.63) is 69.5 Å². The van der Waals surface area contributed by atoms with Crippen LogP contribution in [-0.2, 0) is 16.6 Å². The number of sulfonamides is 1. The van der Waals surface area contributed by atoms with E-state index in [1.165, 1.54) is 34.9 Å². The minimum Gasteiger partial charge on any atom is -0.408 e. The maximum atomic E-state index is 14.0. The highest BCUT2D eigenvalue weighted by atomic mass is 35.5. The molecule has 2 heterocycles. The summed E-state index contributed by atoms with van der Waals surface area (Å²) in [6, 6.07) is 7.49. The fourth-order valence-corrected chi connectivity index (χ4v) is 4.67. The van der Waals surface area contributed by atoms with Gasteiger partial charge in [0.05, 0.1) is 22.6 Å². The number of hydrogen-bond acceptors (Lipinski definition) is 7. The molecule has 0 atom stereocenters. The van der Waals surface area contributed by atoms with E-state index >= 15 is 0 Å². The van der Waals surface area contributed by atoms with Gasteiger partial charge in [-0.05, 0) is 43.2 Å². The zero-order chi connectivity index (χ0) is 22.5. The van der Waals surface area contributed by atoms with Gasteiger partial charge in [-0.25, -0.2) is 17.6 Å². The zero-order valence-electron chi connectivity index (χ0n) is 16.4. The van der Waals surface area contributed by atoms with Crippen LogP contribution < -0.4 is 10.5 Å². The van der Waals surface area contributed by atoms with Crippen LogP contribution in [0, 0.1) is 5.82 Å². The lowest BCUT2D eigenvalue weighted by Crippen LogP contribution is -2.16. The molecule has 1 N–H and O–H groups in total. The van der Waals surface area contributed by atoms with Crippen molar-refractivity contribution in [3.8, 4) is 0 Å². The average Bonchev–Trinajstić information content (AvgIpc) is 3.27. The van der Waals surface area contributed by atoms with Crippen molar-refractivity contribution in [2.45, 2.75) is 36.6 Å². The fraction of sp³-hybridized carbons (Fsp3) is 0.250. The van der Waals surface area contributed by atoms with E-state index in [9.17, 15) is 17.6 Å². The summed E-state index contributed by atoms with van der Waals surface area (Å²) in [5.74, 6) is -0.364. The van der Waals surface area contributed by atoms with Gasteiger partial charge in [0, 0.05) is 17.0 Å². The normalized spacial score (nSPS) is 14.6. The Hall–Kier alpha value is -3.18. The summed E-state index contributed by atoms with van der Waals surface area (Å²) in [6.07, 6.45) is 3.13. The Bertz CT molecular complexity index is 1490. The number of aromatic nitrogens is 3. The molecular weight excluding hydrogens is 463 g/mol. The van der Waals surface area contributed by atoms with E-state index in [-0.39, 0.29) is 33.7 Å². The summed E-state index contributed by atoms with van der Waals surface area (Å²) < 4.78 is 53.3. The van der Waals surface area contributed by atoms with Crippen LogP contribution in [0.1, 0.15) is 36.9 Å². The molecule has 0 saturated heterocycles. The van der Waals surface area contributed by atoms with Gasteiger partial charge < -0.3 is 8.94 Å². The molecule has 1 saturated carbocycles. The smallest absolute Gasteiger partial charge is 0.408 e. The number of anilines is 1. The molecule has 1 fully saturated rings. The Kier molecular flexibility index (Phi) is 5.01. The SMILES string of the molecule is O=c1oc2cc(S(=O)(=O)Nc3ccc(Cl)cc3F)ccc2n1Cc1noc(C2CCC2)n1. The monoisotopic (exact) mass is 478 g/mol. The molecule has 0 aliphatic heterocycles. The molecule has 2 aromatic heterocycles. The molecule has 0 amide bonds. The summed E-state index contributed by atoms with van der Waals surface area (Å²) in [5.41, 5.74) is 0.159. The first-order valence-corrected chi connectivity index (χ1v) is 11.6. The van der Waals surface area contributed by atoms with Gasteiger partial charge in [0.2, 0.25) is 5.89 Å². The standard InChI is InChI=1S/C20H16ClFN4O5S/c21-12-4-6-15(14(22)8-12)25-32(28,29)13-5-7-16-17(9-13)30-20(27)26(16)10-18-23-19(31-24-18)11-2-1-3-11/h4-9,11,25H,1-3,10H2. The lowest BCUT2D eigenvalue weighted by Gasteiger charge is -2.20. The molecule has 0 radical (unpaired) electrons. The van der Waals surface area contributed by atoms with Gasteiger partial charge in [0.25, 0.3) is 10.0 Å². The number of benzene rings is 2. The second kappa shape index (κ2) is 7.75. The first-order valence-electron chi connectivity index (χ1n) is 9.74. The van der Waals surface area contributed by atoms with Crippen molar-refractivity contribution in [1.82, 2.24) is 14.7 Å². The number of fused-ring (bicyclic) bond motifs is 1. The molecule has 1 aliphatic carbocycles.